The van der Waals surface area contributed by atoms with Gasteiger partial charge in [0.05, 0.1) is 5.69 Å². The summed E-state index contributed by atoms with van der Waals surface area (Å²) in [6.07, 6.45) is 6.41. The zero-order chi connectivity index (χ0) is 24.0. The number of anilines is 1. The fraction of sp³-hybridized carbons (Fsp3) is 0.667. The van der Waals surface area contributed by atoms with Crippen molar-refractivity contribution in [2.45, 2.75) is 69.7 Å². The second-order valence-electron chi connectivity index (χ2n) is 9.46. The molecule has 1 unspecified atom stereocenters. The van der Waals surface area contributed by atoms with E-state index in [-0.39, 0.29) is 22.3 Å². The molecule has 3 rings (SSSR count). The van der Waals surface area contributed by atoms with Crippen LogP contribution in [0.25, 0.3) is 0 Å². The number of rotatable bonds is 8. The Hall–Kier alpha value is -2.13. The van der Waals surface area contributed by atoms with Gasteiger partial charge in [-0.25, -0.2) is 8.42 Å². The number of piperidine rings is 2. The Bertz CT molecular complexity index is 936. The van der Waals surface area contributed by atoms with E-state index in [1.807, 2.05) is 13.8 Å². The molecule has 9 heteroatoms. The SMILES string of the molecule is CNC(=O)C(CC(C)C)NC(=O)c1ccc(N2CCCCC2)c(S(=O)(=O)N2CCCCC2)c1. The molecule has 0 saturated carbocycles. The Morgan fingerprint density at radius 1 is 0.970 bits per heavy atom. The van der Waals surface area contributed by atoms with Crippen molar-refractivity contribution in [3.05, 3.63) is 23.8 Å². The molecule has 8 nitrogen and oxygen atoms in total. The van der Waals surface area contributed by atoms with Gasteiger partial charge in [-0.05, 0) is 62.6 Å². The number of hydrogen-bond donors (Lipinski definition) is 2. The standard InChI is InChI=1S/C24H38N4O4S/c1-18(2)16-20(24(30)25-3)26-23(29)19-10-11-21(27-12-6-4-7-13-27)22(17-19)33(31,32)28-14-8-5-9-15-28/h10-11,17-18,20H,4-9,12-16H2,1-3H3,(H,25,30)(H,26,29). The van der Waals surface area contributed by atoms with Crippen LogP contribution in [0.15, 0.2) is 23.1 Å². The van der Waals surface area contributed by atoms with Gasteiger partial charge < -0.3 is 15.5 Å². The molecule has 1 aromatic rings. The Morgan fingerprint density at radius 2 is 1.58 bits per heavy atom. The maximum atomic E-state index is 13.7. The summed E-state index contributed by atoms with van der Waals surface area (Å²) in [4.78, 5) is 27.7. The summed E-state index contributed by atoms with van der Waals surface area (Å²) in [5.74, 6) is -0.489. The molecular weight excluding hydrogens is 440 g/mol. The third-order valence-electron chi connectivity index (χ3n) is 6.43. The predicted octanol–water partition coefficient (Wildman–Crippen LogP) is 2.74. The van der Waals surface area contributed by atoms with E-state index in [2.05, 4.69) is 15.5 Å². The van der Waals surface area contributed by atoms with Crippen LogP contribution in [0.5, 0.6) is 0 Å². The first-order valence-corrected chi connectivity index (χ1v) is 13.6. The molecule has 184 valence electrons. The third kappa shape index (κ3) is 6.26. The second-order valence-corrected chi connectivity index (χ2v) is 11.4. The minimum Gasteiger partial charge on any atom is -0.370 e. The lowest BCUT2D eigenvalue weighted by Gasteiger charge is -2.33. The highest BCUT2D eigenvalue weighted by atomic mass is 32.2. The normalized spacial score (nSPS) is 18.7. The van der Waals surface area contributed by atoms with Gasteiger partial charge in [0.15, 0.2) is 0 Å². The van der Waals surface area contributed by atoms with Crippen LogP contribution in [0.3, 0.4) is 0 Å². The molecule has 2 fully saturated rings. The van der Waals surface area contributed by atoms with Gasteiger partial charge >= 0.3 is 0 Å². The molecular formula is C24H38N4O4S. The van der Waals surface area contributed by atoms with Crippen LogP contribution in [-0.2, 0) is 14.8 Å². The number of benzene rings is 1. The van der Waals surface area contributed by atoms with Crippen molar-refractivity contribution in [3.63, 3.8) is 0 Å². The summed E-state index contributed by atoms with van der Waals surface area (Å²) in [5.41, 5.74) is 0.922. The maximum Gasteiger partial charge on any atom is 0.251 e. The van der Waals surface area contributed by atoms with E-state index in [4.69, 9.17) is 0 Å². The molecule has 0 aromatic heterocycles. The molecule has 2 amide bonds. The average molecular weight is 479 g/mol. The van der Waals surface area contributed by atoms with E-state index in [0.717, 1.165) is 51.6 Å². The van der Waals surface area contributed by atoms with Crippen LogP contribution in [0.2, 0.25) is 0 Å². The van der Waals surface area contributed by atoms with Crippen molar-refractivity contribution in [1.29, 1.82) is 0 Å². The van der Waals surface area contributed by atoms with Crippen molar-refractivity contribution in [2.24, 2.45) is 5.92 Å². The zero-order valence-corrected chi connectivity index (χ0v) is 20.9. The van der Waals surface area contributed by atoms with Gasteiger partial charge in [-0.15, -0.1) is 0 Å². The molecule has 2 heterocycles. The highest BCUT2D eigenvalue weighted by Gasteiger charge is 2.31. The number of sulfonamides is 1. The van der Waals surface area contributed by atoms with Crippen molar-refractivity contribution in [1.82, 2.24) is 14.9 Å². The van der Waals surface area contributed by atoms with Crippen molar-refractivity contribution in [2.75, 3.05) is 38.1 Å². The van der Waals surface area contributed by atoms with Crippen LogP contribution < -0.4 is 15.5 Å². The molecule has 1 aromatic carbocycles. The Labute approximate surface area is 198 Å². The fourth-order valence-electron chi connectivity index (χ4n) is 4.62. The number of nitrogens with zero attached hydrogens (tertiary/aromatic N) is 2. The quantitative estimate of drug-likeness (QED) is 0.599. The van der Waals surface area contributed by atoms with Crippen molar-refractivity contribution < 1.29 is 18.0 Å². The van der Waals surface area contributed by atoms with Gasteiger partial charge in [-0.2, -0.15) is 4.31 Å². The van der Waals surface area contributed by atoms with Gasteiger partial charge in [0.25, 0.3) is 5.91 Å². The summed E-state index contributed by atoms with van der Waals surface area (Å²) >= 11 is 0. The van der Waals surface area contributed by atoms with Crippen LogP contribution in [-0.4, -0.2) is 63.8 Å². The van der Waals surface area contributed by atoms with E-state index < -0.39 is 22.0 Å². The summed E-state index contributed by atoms with van der Waals surface area (Å²) in [6, 6.07) is 4.25. The Morgan fingerprint density at radius 3 is 2.15 bits per heavy atom. The lowest BCUT2D eigenvalue weighted by atomic mass is 10.0. The molecule has 2 aliphatic rings. The van der Waals surface area contributed by atoms with Crippen LogP contribution in [0.1, 0.15) is 69.2 Å². The number of hydrogen-bond acceptors (Lipinski definition) is 5. The molecule has 2 aliphatic heterocycles. The summed E-state index contributed by atoms with van der Waals surface area (Å²) < 4.78 is 28.9. The highest BCUT2D eigenvalue weighted by molar-refractivity contribution is 7.89. The maximum absolute atomic E-state index is 13.7. The van der Waals surface area contributed by atoms with E-state index in [1.165, 1.54) is 6.07 Å². The molecule has 33 heavy (non-hydrogen) atoms. The van der Waals surface area contributed by atoms with Gasteiger partial charge in [-0.3, -0.25) is 9.59 Å². The minimum absolute atomic E-state index is 0.194. The fourth-order valence-corrected chi connectivity index (χ4v) is 6.38. The highest BCUT2D eigenvalue weighted by Crippen LogP contribution is 2.32. The number of amides is 2. The van der Waals surface area contributed by atoms with E-state index in [0.29, 0.717) is 25.2 Å². The van der Waals surface area contributed by atoms with Crippen LogP contribution in [0.4, 0.5) is 5.69 Å². The molecule has 0 aliphatic carbocycles. The van der Waals surface area contributed by atoms with Crippen molar-refractivity contribution in [3.8, 4) is 0 Å². The molecule has 2 saturated heterocycles. The largest absolute Gasteiger partial charge is 0.370 e. The van der Waals surface area contributed by atoms with Gasteiger partial charge in [0.1, 0.15) is 10.9 Å². The summed E-state index contributed by atoms with van der Waals surface area (Å²) in [7, 11) is -2.19. The van der Waals surface area contributed by atoms with Crippen molar-refractivity contribution >= 4 is 27.5 Å². The topological polar surface area (TPSA) is 98.8 Å². The zero-order valence-electron chi connectivity index (χ0n) is 20.1. The first kappa shape index (κ1) is 25.5. The molecule has 0 radical (unpaired) electrons. The minimum atomic E-state index is -3.73. The van der Waals surface area contributed by atoms with Crippen LogP contribution in [0, 0.1) is 5.92 Å². The number of likely N-dealkylation sites (N-methyl/N-ethyl adjacent to an activating group) is 1. The average Bonchev–Trinajstić information content (AvgIpc) is 2.83. The summed E-state index contributed by atoms with van der Waals surface area (Å²) in [5, 5.41) is 5.39. The van der Waals surface area contributed by atoms with Gasteiger partial charge in [-0.1, -0.05) is 20.3 Å². The van der Waals surface area contributed by atoms with E-state index in [9.17, 15) is 18.0 Å². The molecule has 0 bridgehead atoms. The number of carbonyl (C=O) groups is 2. The molecule has 2 N–H and O–H groups in total. The Balaban J connectivity index is 1.95. The van der Waals surface area contributed by atoms with E-state index >= 15 is 0 Å². The lowest BCUT2D eigenvalue weighted by Crippen LogP contribution is -2.46. The summed E-state index contributed by atoms with van der Waals surface area (Å²) in [6.45, 7) is 6.59. The first-order valence-electron chi connectivity index (χ1n) is 12.2. The lowest BCUT2D eigenvalue weighted by molar-refractivity contribution is -0.122. The second kappa shape index (κ2) is 11.3. The van der Waals surface area contributed by atoms with Gasteiger partial charge in [0, 0.05) is 38.8 Å². The predicted molar refractivity (Wildman–Crippen MR) is 130 cm³/mol. The number of nitrogens with one attached hydrogen (secondary N) is 2. The van der Waals surface area contributed by atoms with E-state index in [1.54, 1.807) is 23.5 Å². The monoisotopic (exact) mass is 478 g/mol. The number of carbonyl (C=O) groups excluding carboxylic acids is 2. The molecule has 1 atom stereocenters. The molecule has 0 spiro atoms. The van der Waals surface area contributed by atoms with Crippen LogP contribution >= 0.6 is 0 Å². The smallest absolute Gasteiger partial charge is 0.251 e. The van der Waals surface area contributed by atoms with Gasteiger partial charge in [0.2, 0.25) is 15.9 Å². The third-order valence-corrected chi connectivity index (χ3v) is 8.35. The first-order chi connectivity index (χ1) is 15.7. The Kier molecular flexibility index (Phi) is 8.75.